The Hall–Kier alpha value is -3.30. The molecular weight excluding hydrogens is 494 g/mol. The van der Waals surface area contributed by atoms with E-state index < -0.39 is 29.1 Å². The molecule has 1 unspecified atom stereocenters. The summed E-state index contributed by atoms with van der Waals surface area (Å²) in [5.41, 5.74) is 2.01. The van der Waals surface area contributed by atoms with Gasteiger partial charge in [-0.25, -0.2) is 8.78 Å². The number of hydrogen-bond donors (Lipinski definition) is 2. The number of nitrogens with zero attached hydrogens (tertiary/aromatic N) is 2. The third-order valence-electron chi connectivity index (χ3n) is 7.55. The van der Waals surface area contributed by atoms with Gasteiger partial charge in [0.15, 0.2) is 0 Å². The van der Waals surface area contributed by atoms with E-state index in [1.165, 1.54) is 0 Å². The number of carbonyl (C=O) groups is 1. The van der Waals surface area contributed by atoms with Crippen molar-refractivity contribution >= 4 is 16.9 Å². The van der Waals surface area contributed by atoms with Crippen molar-refractivity contribution in [3.63, 3.8) is 0 Å². The molecule has 0 bridgehead atoms. The van der Waals surface area contributed by atoms with Crippen molar-refractivity contribution in [1.82, 2.24) is 9.88 Å². The van der Waals surface area contributed by atoms with Crippen LogP contribution in [0.1, 0.15) is 49.3 Å². The van der Waals surface area contributed by atoms with Crippen molar-refractivity contribution < 1.29 is 33.3 Å². The molecule has 0 saturated carbocycles. The van der Waals surface area contributed by atoms with Crippen molar-refractivity contribution in [3.05, 3.63) is 65.4 Å². The van der Waals surface area contributed by atoms with Crippen molar-refractivity contribution in [1.29, 1.82) is 0 Å². The molecule has 1 aliphatic heterocycles. The van der Waals surface area contributed by atoms with E-state index in [-0.39, 0.29) is 18.8 Å². The third-order valence-corrected chi connectivity index (χ3v) is 7.55. The smallest absolute Gasteiger partial charge is 0.303 e. The quantitative estimate of drug-likeness (QED) is 0.350. The molecular formula is C29H34F2N2O5. The van der Waals surface area contributed by atoms with Crippen molar-refractivity contribution in [3.8, 4) is 11.5 Å². The van der Waals surface area contributed by atoms with Gasteiger partial charge in [-0.3, -0.25) is 14.7 Å². The van der Waals surface area contributed by atoms with Crippen LogP contribution >= 0.6 is 0 Å². The van der Waals surface area contributed by atoms with Crippen LogP contribution < -0.4 is 9.47 Å². The number of carboxylic acid groups (broad SMARTS) is 1. The van der Waals surface area contributed by atoms with Gasteiger partial charge in [0.2, 0.25) is 0 Å². The van der Waals surface area contributed by atoms with Crippen LogP contribution in [0.4, 0.5) is 8.78 Å². The Kier molecular flexibility index (Phi) is 8.79. The number of aliphatic hydroxyl groups is 1. The first-order valence-electron chi connectivity index (χ1n) is 12.8. The molecule has 1 atom stereocenters. The summed E-state index contributed by atoms with van der Waals surface area (Å²) in [7, 11) is 1.59. The summed E-state index contributed by atoms with van der Waals surface area (Å²) in [5, 5.41) is 21.7. The SMILES string of the molecule is COc1ccc2ncc(C)c(C(O)CCC3(CC(=O)O)CCN(CCOc4cc(F)cc(F)c4)CC3)c2c1. The van der Waals surface area contributed by atoms with E-state index in [9.17, 15) is 23.8 Å². The Bertz CT molecular complexity index is 1260. The van der Waals surface area contributed by atoms with Gasteiger partial charge in [-0.1, -0.05) is 0 Å². The molecule has 2 aromatic carbocycles. The molecule has 2 heterocycles. The van der Waals surface area contributed by atoms with Gasteiger partial charge < -0.3 is 19.7 Å². The van der Waals surface area contributed by atoms with Crippen molar-refractivity contribution in [2.75, 3.05) is 33.4 Å². The minimum absolute atomic E-state index is 0.0382. The van der Waals surface area contributed by atoms with Crippen LogP contribution in [0, 0.1) is 24.0 Å². The zero-order valence-corrected chi connectivity index (χ0v) is 21.8. The highest BCUT2D eigenvalue weighted by atomic mass is 19.1. The predicted octanol–water partition coefficient (Wildman–Crippen LogP) is 5.28. The number of benzene rings is 2. The standard InChI is InChI=1S/C29H34F2N2O5/c1-19-18-32-25-4-3-22(37-2)16-24(25)28(19)26(34)5-6-29(17-27(35)36)7-9-33(10-8-29)11-12-38-23-14-20(30)13-21(31)15-23/h3-4,13-16,18,26,34H,5-12,17H2,1-2H3,(H,35,36). The van der Waals surface area contributed by atoms with Crippen LogP contribution in [0.15, 0.2) is 42.6 Å². The number of rotatable bonds is 11. The Morgan fingerprint density at radius 1 is 1.13 bits per heavy atom. The number of carboxylic acids is 1. The second kappa shape index (κ2) is 12.0. The highest BCUT2D eigenvalue weighted by Crippen LogP contribution is 2.42. The summed E-state index contributed by atoms with van der Waals surface area (Å²) in [6, 6.07) is 8.65. The highest BCUT2D eigenvalue weighted by Gasteiger charge is 2.37. The maximum atomic E-state index is 13.4. The lowest BCUT2D eigenvalue weighted by molar-refractivity contribution is -0.141. The number of aryl methyl sites for hydroxylation is 1. The number of methoxy groups -OCH3 is 1. The largest absolute Gasteiger partial charge is 0.497 e. The zero-order valence-electron chi connectivity index (χ0n) is 21.8. The van der Waals surface area contributed by atoms with Crippen LogP contribution in [-0.4, -0.2) is 59.4 Å². The average Bonchev–Trinajstić information content (AvgIpc) is 2.87. The van der Waals surface area contributed by atoms with Gasteiger partial charge in [-0.2, -0.15) is 0 Å². The third kappa shape index (κ3) is 6.76. The van der Waals surface area contributed by atoms with E-state index in [4.69, 9.17) is 9.47 Å². The van der Waals surface area contributed by atoms with Crippen LogP contribution in [0.25, 0.3) is 10.9 Å². The predicted molar refractivity (Wildman–Crippen MR) is 139 cm³/mol. The minimum Gasteiger partial charge on any atom is -0.497 e. The molecule has 0 amide bonds. The lowest BCUT2D eigenvalue weighted by atomic mass is 9.71. The van der Waals surface area contributed by atoms with E-state index in [0.29, 0.717) is 51.1 Å². The molecule has 9 heteroatoms. The molecule has 2 N–H and O–H groups in total. The topological polar surface area (TPSA) is 92.1 Å². The fourth-order valence-corrected chi connectivity index (χ4v) is 5.44. The first-order valence-corrected chi connectivity index (χ1v) is 12.8. The fraction of sp³-hybridized carbons (Fsp3) is 0.448. The summed E-state index contributed by atoms with van der Waals surface area (Å²) in [6.45, 7) is 4.10. The zero-order chi connectivity index (χ0) is 27.3. The lowest BCUT2D eigenvalue weighted by Gasteiger charge is -2.41. The number of pyridine rings is 1. The van der Waals surface area contributed by atoms with E-state index >= 15 is 0 Å². The van der Waals surface area contributed by atoms with Gasteiger partial charge in [0, 0.05) is 36.3 Å². The number of piperidine rings is 1. The summed E-state index contributed by atoms with van der Waals surface area (Å²) in [6.07, 6.45) is 3.36. The molecule has 0 aliphatic carbocycles. The number of halogens is 2. The maximum absolute atomic E-state index is 13.4. The number of hydrogen-bond acceptors (Lipinski definition) is 6. The Morgan fingerprint density at radius 2 is 1.84 bits per heavy atom. The van der Waals surface area contributed by atoms with Gasteiger partial charge in [0.05, 0.1) is 25.2 Å². The van der Waals surface area contributed by atoms with Crippen LogP contribution in [-0.2, 0) is 4.79 Å². The minimum atomic E-state index is -0.848. The second-order valence-corrected chi connectivity index (χ2v) is 10.2. The van der Waals surface area contributed by atoms with Crippen LogP contribution in [0.3, 0.4) is 0 Å². The average molecular weight is 529 g/mol. The maximum Gasteiger partial charge on any atom is 0.303 e. The number of ether oxygens (including phenoxy) is 2. The number of fused-ring (bicyclic) bond motifs is 1. The van der Waals surface area contributed by atoms with Crippen LogP contribution in [0.5, 0.6) is 11.5 Å². The van der Waals surface area contributed by atoms with Gasteiger partial charge in [0.25, 0.3) is 0 Å². The second-order valence-electron chi connectivity index (χ2n) is 10.2. The van der Waals surface area contributed by atoms with Gasteiger partial charge >= 0.3 is 5.97 Å². The monoisotopic (exact) mass is 528 g/mol. The Morgan fingerprint density at radius 3 is 2.50 bits per heavy atom. The molecule has 1 saturated heterocycles. The van der Waals surface area contributed by atoms with E-state index in [0.717, 1.165) is 40.2 Å². The van der Waals surface area contributed by atoms with E-state index in [1.807, 2.05) is 25.1 Å². The Labute approximate surface area is 221 Å². The normalized spacial score (nSPS) is 16.3. The molecule has 38 heavy (non-hydrogen) atoms. The molecule has 7 nitrogen and oxygen atoms in total. The number of likely N-dealkylation sites (tertiary alicyclic amines) is 1. The molecule has 3 aromatic rings. The fourth-order valence-electron chi connectivity index (χ4n) is 5.44. The molecule has 0 spiro atoms. The molecule has 1 fully saturated rings. The molecule has 1 aliphatic rings. The van der Waals surface area contributed by atoms with Crippen molar-refractivity contribution in [2.24, 2.45) is 5.41 Å². The number of aliphatic carboxylic acids is 1. The van der Waals surface area contributed by atoms with Crippen molar-refractivity contribution in [2.45, 2.75) is 45.1 Å². The van der Waals surface area contributed by atoms with Gasteiger partial charge in [-0.15, -0.1) is 0 Å². The summed E-state index contributed by atoms with van der Waals surface area (Å²) < 4.78 is 37.6. The Balaban J connectivity index is 1.38. The number of aromatic nitrogens is 1. The first kappa shape index (κ1) is 27.7. The first-order chi connectivity index (χ1) is 18.2. The highest BCUT2D eigenvalue weighted by molar-refractivity contribution is 5.84. The van der Waals surface area contributed by atoms with E-state index in [2.05, 4.69) is 9.88 Å². The molecule has 1 aromatic heterocycles. The molecule has 0 radical (unpaired) electrons. The summed E-state index contributed by atoms with van der Waals surface area (Å²) >= 11 is 0. The van der Waals surface area contributed by atoms with E-state index in [1.54, 1.807) is 13.3 Å². The lowest BCUT2D eigenvalue weighted by Crippen LogP contribution is -2.42. The molecule has 204 valence electrons. The number of aliphatic hydroxyl groups excluding tert-OH is 1. The van der Waals surface area contributed by atoms with Crippen LogP contribution in [0.2, 0.25) is 0 Å². The van der Waals surface area contributed by atoms with Gasteiger partial charge in [0.1, 0.15) is 29.7 Å². The van der Waals surface area contributed by atoms with Gasteiger partial charge in [-0.05, 0) is 80.4 Å². The molecule has 4 rings (SSSR count). The summed E-state index contributed by atoms with van der Waals surface area (Å²) in [5.74, 6) is -1.40. The summed E-state index contributed by atoms with van der Waals surface area (Å²) in [4.78, 5) is 18.4.